The van der Waals surface area contributed by atoms with Gasteiger partial charge in [0.05, 0.1) is 25.6 Å². The number of anilines is 2. The zero-order valence-corrected chi connectivity index (χ0v) is 29.6. The first-order chi connectivity index (χ1) is 26.5. The molecule has 14 nitrogen and oxygen atoms in total. The van der Waals surface area contributed by atoms with E-state index in [1.807, 2.05) is 133 Å². The summed E-state index contributed by atoms with van der Waals surface area (Å²) in [4.78, 5) is 18.1. The quantitative estimate of drug-likeness (QED) is 0.107. The second kappa shape index (κ2) is 16.4. The van der Waals surface area contributed by atoms with Crippen molar-refractivity contribution in [3.8, 4) is 23.0 Å². The van der Waals surface area contributed by atoms with Crippen molar-refractivity contribution in [2.75, 3.05) is 25.1 Å². The molecule has 2 aliphatic rings. The topological polar surface area (TPSA) is 169 Å². The number of hydrogen-bond donors (Lipinski definition) is 4. The second-order valence-electron chi connectivity index (χ2n) is 12.1. The highest BCUT2D eigenvalue weighted by atomic mass is 16.5. The Morgan fingerprint density at radius 1 is 0.519 bits per heavy atom. The number of guanidine groups is 2. The zero-order valence-electron chi connectivity index (χ0n) is 29.6. The third-order valence-electron chi connectivity index (χ3n) is 8.59. The van der Waals surface area contributed by atoms with Gasteiger partial charge in [-0.25, -0.2) is 30.0 Å². The van der Waals surface area contributed by atoms with Crippen LogP contribution >= 0.6 is 0 Å². The number of rotatable bonds is 14. The summed E-state index contributed by atoms with van der Waals surface area (Å²) in [5.41, 5.74) is 22.2. The molecular weight excluding hydrogens is 685 g/mol. The summed E-state index contributed by atoms with van der Waals surface area (Å²) >= 11 is 0. The summed E-state index contributed by atoms with van der Waals surface area (Å²) in [7, 11) is 3.23. The summed E-state index contributed by atoms with van der Waals surface area (Å²) in [6.45, 7) is 0. The Hall–Kier alpha value is -7.22. The molecule has 0 amide bonds. The van der Waals surface area contributed by atoms with E-state index in [-0.39, 0.29) is 11.9 Å². The average molecular weight is 725 g/mol. The number of benzene rings is 5. The van der Waals surface area contributed by atoms with Gasteiger partial charge < -0.3 is 30.4 Å². The van der Waals surface area contributed by atoms with Crippen LogP contribution in [0, 0.1) is 0 Å². The monoisotopic (exact) mass is 724 g/mol. The fourth-order valence-corrected chi connectivity index (χ4v) is 5.98. The molecule has 0 saturated heterocycles. The smallest absolute Gasteiger partial charge is 0.219 e. The van der Waals surface area contributed by atoms with E-state index >= 15 is 0 Å². The first kappa shape index (κ1) is 35.2. The van der Waals surface area contributed by atoms with Crippen LogP contribution in [-0.2, 0) is 0 Å². The van der Waals surface area contributed by atoms with Gasteiger partial charge in [0.25, 0.3) is 0 Å². The Balaban J connectivity index is 1.25. The maximum Gasteiger partial charge on any atom is 0.219 e. The first-order valence-electron chi connectivity index (χ1n) is 17.1. The van der Waals surface area contributed by atoms with Crippen LogP contribution in [0.5, 0.6) is 23.0 Å². The lowest BCUT2D eigenvalue weighted by Crippen LogP contribution is -2.47. The first-order valence-corrected chi connectivity index (χ1v) is 17.1. The van der Waals surface area contributed by atoms with Gasteiger partial charge in [-0.3, -0.25) is 10.9 Å². The van der Waals surface area contributed by atoms with Crippen molar-refractivity contribution in [2.45, 2.75) is 24.5 Å². The van der Waals surface area contributed by atoms with E-state index in [1.165, 1.54) is 0 Å². The van der Waals surface area contributed by atoms with Gasteiger partial charge in [0, 0.05) is 0 Å². The fourth-order valence-electron chi connectivity index (χ4n) is 5.98. The lowest BCUT2D eigenvalue weighted by molar-refractivity contribution is 0.118. The second-order valence-corrected chi connectivity index (χ2v) is 12.1. The van der Waals surface area contributed by atoms with Crippen molar-refractivity contribution in [2.24, 2.45) is 31.4 Å². The molecule has 0 radical (unpaired) electrons. The molecule has 0 aromatic heterocycles. The molecule has 0 saturated carbocycles. The van der Waals surface area contributed by atoms with Crippen LogP contribution in [0.3, 0.4) is 0 Å². The van der Waals surface area contributed by atoms with E-state index in [0.29, 0.717) is 34.4 Å². The number of nitrogens with one attached hydrogen (secondary N) is 2. The minimum atomic E-state index is -0.686. The van der Waals surface area contributed by atoms with Crippen molar-refractivity contribution >= 4 is 36.0 Å². The van der Waals surface area contributed by atoms with E-state index in [1.54, 1.807) is 36.9 Å². The molecule has 0 aliphatic carbocycles. The molecular formula is C40H40N10O4. The molecule has 5 aromatic rings. The lowest BCUT2D eigenvalue weighted by Gasteiger charge is -2.36. The van der Waals surface area contributed by atoms with Crippen LogP contribution in [-0.4, -0.2) is 61.2 Å². The number of nitrogens with zero attached hydrogens (tertiary/aromatic N) is 6. The highest BCUT2D eigenvalue weighted by Crippen LogP contribution is 2.35. The molecule has 274 valence electrons. The fraction of sp³-hybridized carbons (Fsp3) is 0.150. The lowest BCUT2D eigenvalue weighted by atomic mass is 10.00. The van der Waals surface area contributed by atoms with Crippen molar-refractivity contribution < 1.29 is 18.9 Å². The Kier molecular flexibility index (Phi) is 10.7. The van der Waals surface area contributed by atoms with E-state index < -0.39 is 24.5 Å². The molecule has 0 bridgehead atoms. The van der Waals surface area contributed by atoms with Gasteiger partial charge in [-0.05, 0) is 59.7 Å². The van der Waals surface area contributed by atoms with Crippen LogP contribution in [0.1, 0.15) is 23.3 Å². The number of methoxy groups -OCH3 is 2. The number of hydrazine groups is 2. The van der Waals surface area contributed by atoms with Crippen LogP contribution in [0.2, 0.25) is 0 Å². The minimum absolute atomic E-state index is 0.115. The van der Waals surface area contributed by atoms with Crippen molar-refractivity contribution in [1.82, 2.24) is 10.0 Å². The summed E-state index contributed by atoms with van der Waals surface area (Å²) in [6, 6.07) is 42.1. The number of nitrogens with two attached hydrogens (primary N) is 2. The number of ether oxygens (including phenoxy) is 4. The van der Waals surface area contributed by atoms with Gasteiger partial charge >= 0.3 is 0 Å². The predicted octanol–water partition coefficient (Wildman–Crippen LogP) is 5.97. The highest BCUT2D eigenvalue weighted by molar-refractivity contribution is 5.89. The summed E-state index contributed by atoms with van der Waals surface area (Å²) < 4.78 is 24.6. The summed E-state index contributed by atoms with van der Waals surface area (Å²) in [5.74, 6) is 2.82. The van der Waals surface area contributed by atoms with Gasteiger partial charge in [0.15, 0.2) is 24.5 Å². The molecule has 4 atom stereocenters. The minimum Gasteiger partial charge on any atom is -0.495 e. The van der Waals surface area contributed by atoms with Crippen molar-refractivity contribution in [3.63, 3.8) is 0 Å². The molecule has 5 aromatic carbocycles. The third-order valence-corrected chi connectivity index (χ3v) is 8.59. The molecule has 6 N–H and O–H groups in total. The van der Waals surface area contributed by atoms with Crippen molar-refractivity contribution in [1.29, 1.82) is 0 Å². The standard InChI is InChI=1S/C40H40N10O4/c1-51-33-19-11-9-17-31(33)47-49-25-43-39(41)45-37(49)35(53-29-13-5-3-6-14-29)27-21-23-28(24-22-27)36(54-30-15-7-4-8-16-30)38-46-40(42)44-26-50(38)48-32-18-10-12-20-34(32)52-2/h3-26,35-38,47-48H,1-2H3,(H2,41,45)(H2,42,46). The molecule has 2 heterocycles. The van der Waals surface area contributed by atoms with E-state index in [0.717, 1.165) is 11.1 Å². The van der Waals surface area contributed by atoms with Crippen LogP contribution < -0.4 is 41.3 Å². The Labute approximate surface area is 313 Å². The van der Waals surface area contributed by atoms with Crippen LogP contribution in [0.25, 0.3) is 0 Å². The average Bonchev–Trinajstić information content (AvgIpc) is 3.22. The molecule has 7 rings (SSSR count). The summed E-state index contributed by atoms with van der Waals surface area (Å²) in [6.07, 6.45) is 0.483. The van der Waals surface area contributed by atoms with Crippen LogP contribution in [0.4, 0.5) is 11.4 Å². The van der Waals surface area contributed by atoms with Gasteiger partial charge in [0.1, 0.15) is 35.7 Å². The molecule has 0 spiro atoms. The largest absolute Gasteiger partial charge is 0.495 e. The molecule has 4 unspecified atom stereocenters. The Bertz CT molecular complexity index is 1980. The zero-order chi connectivity index (χ0) is 37.3. The number of para-hydroxylation sites is 6. The van der Waals surface area contributed by atoms with Gasteiger partial charge in [-0.1, -0.05) is 84.9 Å². The van der Waals surface area contributed by atoms with Crippen molar-refractivity contribution in [3.05, 3.63) is 145 Å². The highest BCUT2D eigenvalue weighted by Gasteiger charge is 2.35. The molecule has 0 fully saturated rings. The van der Waals surface area contributed by atoms with Gasteiger partial charge in [-0.15, -0.1) is 0 Å². The molecule has 2 aliphatic heterocycles. The summed E-state index contributed by atoms with van der Waals surface area (Å²) in [5, 5.41) is 3.49. The Morgan fingerprint density at radius 2 is 0.889 bits per heavy atom. The Morgan fingerprint density at radius 3 is 1.28 bits per heavy atom. The van der Waals surface area contributed by atoms with Gasteiger partial charge in [0.2, 0.25) is 11.9 Å². The molecule has 14 heteroatoms. The SMILES string of the molecule is COc1ccccc1NN1C=NC(N)=NC1C(Oc1ccccc1)c1ccc(C(Oc2ccccc2)C2N=C(N)N=CN2Nc2ccccc2OC)cc1. The van der Waals surface area contributed by atoms with Crippen LogP contribution in [0.15, 0.2) is 153 Å². The predicted molar refractivity (Wildman–Crippen MR) is 211 cm³/mol. The normalized spacial score (nSPS) is 17.4. The maximum absolute atomic E-state index is 6.69. The maximum atomic E-state index is 6.69. The van der Waals surface area contributed by atoms with E-state index in [9.17, 15) is 0 Å². The third kappa shape index (κ3) is 8.12. The number of hydrogen-bond acceptors (Lipinski definition) is 14. The van der Waals surface area contributed by atoms with E-state index in [4.69, 9.17) is 40.4 Å². The van der Waals surface area contributed by atoms with E-state index in [2.05, 4.69) is 20.8 Å². The molecule has 54 heavy (non-hydrogen) atoms. The van der Waals surface area contributed by atoms with Gasteiger partial charge in [-0.2, -0.15) is 0 Å². The number of aliphatic imine (C=N–C) groups is 4.